The number of rotatable bonds is 5. The lowest BCUT2D eigenvalue weighted by Crippen LogP contribution is -2.44. The van der Waals surface area contributed by atoms with Gasteiger partial charge in [0.05, 0.1) is 19.2 Å². The van der Waals surface area contributed by atoms with Crippen LogP contribution in [-0.4, -0.2) is 35.1 Å². The van der Waals surface area contributed by atoms with Crippen LogP contribution < -0.4 is 5.48 Å². The Labute approximate surface area is 138 Å². The zero-order chi connectivity index (χ0) is 17.1. The number of benzene rings is 1. The van der Waals surface area contributed by atoms with E-state index in [9.17, 15) is 13.6 Å². The molecule has 128 valence electrons. The van der Waals surface area contributed by atoms with Crippen molar-refractivity contribution in [1.29, 1.82) is 0 Å². The first-order valence-corrected chi connectivity index (χ1v) is 7.84. The van der Waals surface area contributed by atoms with Crippen molar-refractivity contribution >= 4 is 5.91 Å². The summed E-state index contributed by atoms with van der Waals surface area (Å²) in [5, 5.41) is 0. The molecule has 1 amide bonds. The van der Waals surface area contributed by atoms with Crippen LogP contribution in [0.1, 0.15) is 24.2 Å². The minimum Gasteiger partial charge on any atom is -0.348 e. The highest BCUT2D eigenvalue weighted by molar-refractivity contribution is 5.77. The zero-order valence-corrected chi connectivity index (χ0v) is 13.3. The highest BCUT2D eigenvalue weighted by atomic mass is 19.1. The molecule has 0 fully saturated rings. The van der Waals surface area contributed by atoms with Crippen LogP contribution in [0.3, 0.4) is 0 Å². The maximum Gasteiger partial charge on any atom is 0.257 e. The van der Waals surface area contributed by atoms with E-state index >= 15 is 0 Å². The molecule has 7 heteroatoms. The normalized spacial score (nSPS) is 17.5. The summed E-state index contributed by atoms with van der Waals surface area (Å²) in [7, 11) is 0. The van der Waals surface area contributed by atoms with Crippen LogP contribution in [0.4, 0.5) is 8.78 Å². The summed E-state index contributed by atoms with van der Waals surface area (Å²) in [6.07, 6.45) is 1.92. The van der Waals surface area contributed by atoms with E-state index in [0.717, 1.165) is 11.8 Å². The summed E-state index contributed by atoms with van der Waals surface area (Å²) in [6, 6.07) is 6.86. The molecule has 2 aromatic rings. The van der Waals surface area contributed by atoms with Crippen molar-refractivity contribution in [3.05, 3.63) is 59.4 Å². The van der Waals surface area contributed by atoms with E-state index in [0.29, 0.717) is 25.3 Å². The van der Waals surface area contributed by atoms with Crippen LogP contribution in [0.5, 0.6) is 0 Å². The summed E-state index contributed by atoms with van der Waals surface area (Å²) in [6.45, 7) is 3.47. The van der Waals surface area contributed by atoms with Gasteiger partial charge < -0.3 is 4.57 Å². The average molecular weight is 335 g/mol. The third kappa shape index (κ3) is 3.32. The highest BCUT2D eigenvalue weighted by Crippen LogP contribution is 2.33. The topological polar surface area (TPSA) is 46.5 Å². The molecule has 0 spiro atoms. The Morgan fingerprint density at radius 3 is 2.92 bits per heavy atom. The maximum atomic E-state index is 14.3. The average Bonchev–Trinajstić information content (AvgIpc) is 3.02. The largest absolute Gasteiger partial charge is 0.348 e. The molecule has 2 heterocycles. The minimum atomic E-state index is -0.622. The molecule has 0 saturated heterocycles. The molecule has 1 aliphatic rings. The molecule has 1 aromatic carbocycles. The molecule has 24 heavy (non-hydrogen) atoms. The van der Waals surface area contributed by atoms with Gasteiger partial charge in [-0.1, -0.05) is 6.07 Å². The smallest absolute Gasteiger partial charge is 0.257 e. The molecule has 1 aromatic heterocycles. The second kappa shape index (κ2) is 7.11. The summed E-state index contributed by atoms with van der Waals surface area (Å²) in [4.78, 5) is 18.8. The van der Waals surface area contributed by atoms with E-state index < -0.39 is 17.7 Å². The van der Waals surface area contributed by atoms with Crippen molar-refractivity contribution in [3.8, 4) is 0 Å². The molecular weight excluding hydrogens is 316 g/mol. The number of amides is 1. The van der Waals surface area contributed by atoms with Gasteiger partial charge in [0.15, 0.2) is 0 Å². The van der Waals surface area contributed by atoms with Crippen molar-refractivity contribution < 1.29 is 18.4 Å². The number of nitrogens with one attached hydrogen (secondary N) is 1. The third-order valence-electron chi connectivity index (χ3n) is 4.07. The molecule has 1 atom stereocenters. The molecule has 3 rings (SSSR count). The Balaban J connectivity index is 1.92. The molecule has 1 aliphatic heterocycles. The molecule has 0 aliphatic carbocycles. The van der Waals surface area contributed by atoms with E-state index in [2.05, 4.69) is 5.48 Å². The van der Waals surface area contributed by atoms with Gasteiger partial charge in [0.2, 0.25) is 0 Å². The van der Waals surface area contributed by atoms with E-state index in [1.165, 1.54) is 12.1 Å². The van der Waals surface area contributed by atoms with Gasteiger partial charge in [0.25, 0.3) is 5.91 Å². The SMILES string of the molecule is CCONC(=O)CN1CCn2cccc2C1c1ccc(F)cc1F. The van der Waals surface area contributed by atoms with E-state index in [4.69, 9.17) is 4.84 Å². The van der Waals surface area contributed by atoms with Crippen molar-refractivity contribution in [3.63, 3.8) is 0 Å². The fourth-order valence-corrected chi connectivity index (χ4v) is 3.05. The first-order chi connectivity index (χ1) is 11.6. The Morgan fingerprint density at radius 2 is 2.17 bits per heavy atom. The lowest BCUT2D eigenvalue weighted by molar-refractivity contribution is -0.135. The van der Waals surface area contributed by atoms with Crippen molar-refractivity contribution in [1.82, 2.24) is 14.9 Å². The Morgan fingerprint density at radius 1 is 1.33 bits per heavy atom. The van der Waals surface area contributed by atoms with Gasteiger partial charge in [-0.15, -0.1) is 0 Å². The number of hydrogen-bond acceptors (Lipinski definition) is 3. The molecule has 1 N–H and O–H groups in total. The second-order valence-electron chi connectivity index (χ2n) is 5.62. The Hall–Kier alpha value is -2.25. The number of nitrogens with zero attached hydrogens (tertiary/aromatic N) is 2. The summed E-state index contributed by atoms with van der Waals surface area (Å²) in [5.41, 5.74) is 3.57. The van der Waals surface area contributed by atoms with Crippen LogP contribution in [0, 0.1) is 11.6 Å². The summed E-state index contributed by atoms with van der Waals surface area (Å²) >= 11 is 0. The van der Waals surface area contributed by atoms with Gasteiger partial charge in [-0.2, -0.15) is 0 Å². The Bertz CT molecular complexity index is 732. The molecular formula is C17H19F2N3O2. The first-order valence-electron chi connectivity index (χ1n) is 7.84. The Kier molecular flexibility index (Phi) is 4.92. The fraction of sp³-hybridized carbons (Fsp3) is 0.353. The standard InChI is InChI=1S/C17H19F2N3O2/c1-2-24-20-16(23)11-22-9-8-21-7-3-4-15(21)17(22)13-6-5-12(18)10-14(13)19/h3-7,10,17H,2,8-9,11H2,1H3,(H,20,23). The molecule has 0 saturated carbocycles. The molecule has 5 nitrogen and oxygen atoms in total. The number of carbonyl (C=O) groups is 1. The number of carbonyl (C=O) groups excluding carboxylic acids is 1. The van der Waals surface area contributed by atoms with Gasteiger partial charge in [-0.3, -0.25) is 14.5 Å². The van der Waals surface area contributed by atoms with Crippen molar-refractivity contribution in [2.45, 2.75) is 19.5 Å². The summed E-state index contributed by atoms with van der Waals surface area (Å²) in [5.74, 6) is -1.54. The van der Waals surface area contributed by atoms with E-state index in [1.54, 1.807) is 6.92 Å². The van der Waals surface area contributed by atoms with Crippen LogP contribution in [0.15, 0.2) is 36.5 Å². The molecule has 0 radical (unpaired) electrons. The maximum absolute atomic E-state index is 14.3. The van der Waals surface area contributed by atoms with Gasteiger partial charge in [0.1, 0.15) is 11.6 Å². The second-order valence-corrected chi connectivity index (χ2v) is 5.62. The van der Waals surface area contributed by atoms with E-state index in [-0.39, 0.29) is 12.5 Å². The van der Waals surface area contributed by atoms with Crippen LogP contribution in [0.2, 0.25) is 0 Å². The summed E-state index contributed by atoms with van der Waals surface area (Å²) < 4.78 is 29.6. The van der Waals surface area contributed by atoms with Crippen LogP contribution >= 0.6 is 0 Å². The monoisotopic (exact) mass is 335 g/mol. The van der Waals surface area contributed by atoms with Crippen molar-refractivity contribution in [2.75, 3.05) is 19.7 Å². The van der Waals surface area contributed by atoms with Crippen LogP contribution in [-0.2, 0) is 16.2 Å². The third-order valence-corrected chi connectivity index (χ3v) is 4.07. The number of halogens is 2. The van der Waals surface area contributed by atoms with Crippen LogP contribution in [0.25, 0.3) is 0 Å². The predicted octanol–water partition coefficient (Wildman–Crippen LogP) is 2.24. The van der Waals surface area contributed by atoms with Gasteiger partial charge in [-0.25, -0.2) is 14.3 Å². The number of fused-ring (bicyclic) bond motifs is 1. The number of aromatic nitrogens is 1. The van der Waals surface area contributed by atoms with Gasteiger partial charge >= 0.3 is 0 Å². The molecule has 0 bridgehead atoms. The highest BCUT2D eigenvalue weighted by Gasteiger charge is 2.32. The zero-order valence-electron chi connectivity index (χ0n) is 13.3. The number of hydroxylamine groups is 1. The quantitative estimate of drug-likeness (QED) is 0.853. The first kappa shape index (κ1) is 16.6. The lowest BCUT2D eigenvalue weighted by Gasteiger charge is -2.36. The number of hydrogen-bond donors (Lipinski definition) is 1. The minimum absolute atomic E-state index is 0.0622. The van der Waals surface area contributed by atoms with Gasteiger partial charge in [0, 0.05) is 36.6 Å². The fourth-order valence-electron chi connectivity index (χ4n) is 3.05. The molecule has 1 unspecified atom stereocenters. The lowest BCUT2D eigenvalue weighted by atomic mass is 9.99. The van der Waals surface area contributed by atoms with Crippen molar-refractivity contribution in [2.24, 2.45) is 0 Å². The van der Waals surface area contributed by atoms with Gasteiger partial charge in [-0.05, 0) is 25.1 Å². The van der Waals surface area contributed by atoms with E-state index in [1.807, 2.05) is 27.8 Å². The predicted molar refractivity (Wildman–Crippen MR) is 84.0 cm³/mol.